The molecule has 0 heterocycles. The van der Waals surface area contributed by atoms with Crippen molar-refractivity contribution in [3.63, 3.8) is 0 Å². The number of primary amides is 1. The van der Waals surface area contributed by atoms with Crippen LogP contribution < -0.4 is 15.2 Å². The number of halogens is 1. The third kappa shape index (κ3) is 5.14. The number of nitro groups is 1. The summed E-state index contributed by atoms with van der Waals surface area (Å²) in [6, 6.07) is 8.44. The lowest BCUT2D eigenvalue weighted by atomic mass is 10.1. The van der Waals surface area contributed by atoms with Crippen LogP contribution in [0.15, 0.2) is 36.4 Å². The molecule has 0 aromatic heterocycles. The summed E-state index contributed by atoms with van der Waals surface area (Å²) in [5.74, 6) is -0.808. The van der Waals surface area contributed by atoms with Gasteiger partial charge in [0.2, 0.25) is 0 Å². The molecule has 0 spiro atoms. The highest BCUT2D eigenvalue weighted by Gasteiger charge is 2.23. The van der Waals surface area contributed by atoms with E-state index in [1.165, 1.54) is 36.3 Å². The van der Waals surface area contributed by atoms with E-state index in [4.69, 9.17) is 26.8 Å². The minimum atomic E-state index is -0.686. The van der Waals surface area contributed by atoms with Gasteiger partial charge in [-0.15, -0.1) is 0 Å². The van der Waals surface area contributed by atoms with Crippen molar-refractivity contribution in [1.29, 1.82) is 0 Å². The zero-order valence-electron chi connectivity index (χ0n) is 16.0. The Balaban J connectivity index is 2.30. The van der Waals surface area contributed by atoms with Gasteiger partial charge in [0.05, 0.1) is 23.1 Å². The van der Waals surface area contributed by atoms with Crippen molar-refractivity contribution in [3.8, 4) is 11.5 Å². The first-order chi connectivity index (χ1) is 13.6. The molecule has 0 aliphatic carbocycles. The van der Waals surface area contributed by atoms with Gasteiger partial charge in [-0.2, -0.15) is 0 Å². The molecule has 154 valence electrons. The highest BCUT2D eigenvalue weighted by Crippen LogP contribution is 2.37. The molecule has 0 aliphatic rings. The lowest BCUT2D eigenvalue weighted by Gasteiger charge is -2.26. The second kappa shape index (κ2) is 9.24. The molecule has 2 amide bonds. The van der Waals surface area contributed by atoms with E-state index in [1.807, 2.05) is 0 Å². The van der Waals surface area contributed by atoms with Crippen LogP contribution in [0.3, 0.4) is 0 Å². The zero-order chi connectivity index (χ0) is 21.7. The molecule has 0 saturated heterocycles. The van der Waals surface area contributed by atoms with Crippen LogP contribution in [0.4, 0.5) is 5.69 Å². The van der Waals surface area contributed by atoms with Crippen molar-refractivity contribution in [2.24, 2.45) is 5.73 Å². The van der Waals surface area contributed by atoms with E-state index >= 15 is 0 Å². The van der Waals surface area contributed by atoms with Crippen LogP contribution in [0, 0.1) is 10.1 Å². The number of nitro benzene ring substituents is 1. The van der Waals surface area contributed by atoms with Gasteiger partial charge in [0, 0.05) is 24.7 Å². The van der Waals surface area contributed by atoms with Crippen LogP contribution in [0.1, 0.15) is 28.9 Å². The van der Waals surface area contributed by atoms with Gasteiger partial charge >= 0.3 is 0 Å². The van der Waals surface area contributed by atoms with Crippen molar-refractivity contribution in [1.82, 2.24) is 4.90 Å². The van der Waals surface area contributed by atoms with Gasteiger partial charge in [0.1, 0.15) is 0 Å². The number of nitrogens with two attached hydrogens (primary N) is 1. The van der Waals surface area contributed by atoms with E-state index in [-0.39, 0.29) is 33.7 Å². The molecular formula is C19H20ClN3O6. The van der Waals surface area contributed by atoms with Crippen LogP contribution in [0.5, 0.6) is 11.5 Å². The Kier molecular flexibility index (Phi) is 7.00. The average molecular weight is 422 g/mol. The zero-order valence-corrected chi connectivity index (χ0v) is 16.8. The van der Waals surface area contributed by atoms with E-state index in [1.54, 1.807) is 26.1 Å². The monoisotopic (exact) mass is 421 g/mol. The summed E-state index contributed by atoms with van der Waals surface area (Å²) in [4.78, 5) is 35.8. The third-order valence-electron chi connectivity index (χ3n) is 4.30. The maximum Gasteiger partial charge on any atom is 0.269 e. The number of amides is 2. The first kappa shape index (κ1) is 22.0. The second-order valence-corrected chi connectivity index (χ2v) is 6.60. The number of carbonyl (C=O) groups is 2. The number of carbonyl (C=O) groups excluding carboxylic acids is 2. The normalized spacial score (nSPS) is 11.4. The smallest absolute Gasteiger partial charge is 0.269 e. The number of benzene rings is 2. The summed E-state index contributed by atoms with van der Waals surface area (Å²) >= 11 is 6.19. The molecule has 0 unspecified atom stereocenters. The standard InChI is InChI=1S/C19H20ClN3O6/c1-11(12-5-4-6-14(7-12)23(26)27)22(2)19(25)13-8-15(20)18(16(9-13)28-3)29-10-17(21)24/h4-9,11H,10H2,1-3H3,(H2,21,24)/t11-/m0/s1. The lowest BCUT2D eigenvalue weighted by molar-refractivity contribution is -0.384. The molecule has 10 heteroatoms. The van der Waals surface area contributed by atoms with E-state index in [2.05, 4.69) is 0 Å². The maximum atomic E-state index is 12.9. The number of ether oxygens (including phenoxy) is 2. The van der Waals surface area contributed by atoms with Crippen LogP contribution in [0.2, 0.25) is 5.02 Å². The number of non-ortho nitro benzene ring substituents is 1. The summed E-state index contributed by atoms with van der Waals surface area (Å²) in [5.41, 5.74) is 5.83. The first-order valence-corrected chi connectivity index (χ1v) is 8.83. The highest BCUT2D eigenvalue weighted by molar-refractivity contribution is 6.32. The van der Waals surface area contributed by atoms with Gasteiger partial charge in [-0.05, 0) is 24.6 Å². The quantitative estimate of drug-likeness (QED) is 0.516. The number of methoxy groups -OCH3 is 1. The lowest BCUT2D eigenvalue weighted by Crippen LogP contribution is -2.29. The van der Waals surface area contributed by atoms with Crippen molar-refractivity contribution in [2.45, 2.75) is 13.0 Å². The molecule has 0 fully saturated rings. The number of hydrogen-bond donors (Lipinski definition) is 1. The number of nitrogens with zero attached hydrogens (tertiary/aromatic N) is 2. The Morgan fingerprint density at radius 3 is 2.59 bits per heavy atom. The van der Waals surface area contributed by atoms with Crippen LogP contribution in [-0.2, 0) is 4.79 Å². The van der Waals surface area contributed by atoms with E-state index in [0.717, 1.165) is 0 Å². The SMILES string of the molecule is COc1cc(C(=O)N(C)[C@@H](C)c2cccc([N+](=O)[O-])c2)cc(Cl)c1OCC(N)=O. The van der Waals surface area contributed by atoms with E-state index < -0.39 is 23.5 Å². The van der Waals surface area contributed by atoms with Gasteiger partial charge < -0.3 is 20.1 Å². The fourth-order valence-electron chi connectivity index (χ4n) is 2.63. The van der Waals surface area contributed by atoms with Crippen molar-refractivity contribution in [2.75, 3.05) is 20.8 Å². The van der Waals surface area contributed by atoms with Gasteiger partial charge in [-0.1, -0.05) is 23.7 Å². The topological polar surface area (TPSA) is 125 Å². The predicted octanol–water partition coefficient (Wildman–Crippen LogP) is 2.95. The summed E-state index contributed by atoms with van der Waals surface area (Å²) in [6.07, 6.45) is 0. The van der Waals surface area contributed by atoms with Gasteiger partial charge in [0.15, 0.2) is 18.1 Å². The molecule has 0 aliphatic heterocycles. The van der Waals surface area contributed by atoms with E-state index in [0.29, 0.717) is 5.56 Å². The number of hydrogen-bond acceptors (Lipinski definition) is 6. The molecule has 0 saturated carbocycles. The fraction of sp³-hybridized carbons (Fsp3) is 0.263. The van der Waals surface area contributed by atoms with Crippen molar-refractivity contribution < 1.29 is 24.0 Å². The summed E-state index contributed by atoms with van der Waals surface area (Å²) < 4.78 is 10.5. The van der Waals surface area contributed by atoms with Crippen molar-refractivity contribution in [3.05, 3.63) is 62.7 Å². The molecule has 2 aromatic carbocycles. The molecule has 0 bridgehead atoms. The minimum Gasteiger partial charge on any atom is -0.493 e. The van der Waals surface area contributed by atoms with Crippen molar-refractivity contribution >= 4 is 29.1 Å². The van der Waals surface area contributed by atoms with E-state index in [9.17, 15) is 19.7 Å². The third-order valence-corrected chi connectivity index (χ3v) is 4.58. The second-order valence-electron chi connectivity index (χ2n) is 6.19. The Labute approximate surface area is 172 Å². The Bertz CT molecular complexity index is 950. The Hall–Kier alpha value is -3.33. The molecule has 9 nitrogen and oxygen atoms in total. The molecular weight excluding hydrogens is 402 g/mol. The molecule has 0 radical (unpaired) electrons. The average Bonchev–Trinajstić information content (AvgIpc) is 2.70. The molecule has 1 atom stereocenters. The summed E-state index contributed by atoms with van der Waals surface area (Å²) in [6.45, 7) is 1.35. The molecule has 2 aromatic rings. The summed E-state index contributed by atoms with van der Waals surface area (Å²) in [7, 11) is 2.94. The Morgan fingerprint density at radius 2 is 2.00 bits per heavy atom. The first-order valence-electron chi connectivity index (χ1n) is 8.45. The predicted molar refractivity (Wildman–Crippen MR) is 106 cm³/mol. The molecule has 2 rings (SSSR count). The molecule has 29 heavy (non-hydrogen) atoms. The van der Waals surface area contributed by atoms with Gasteiger partial charge in [-0.3, -0.25) is 19.7 Å². The van der Waals surface area contributed by atoms with Crippen LogP contribution in [0.25, 0.3) is 0 Å². The van der Waals surface area contributed by atoms with Gasteiger partial charge in [0.25, 0.3) is 17.5 Å². The largest absolute Gasteiger partial charge is 0.493 e. The minimum absolute atomic E-state index is 0.0594. The van der Waals surface area contributed by atoms with Gasteiger partial charge in [-0.25, -0.2) is 0 Å². The fourth-order valence-corrected chi connectivity index (χ4v) is 2.89. The highest BCUT2D eigenvalue weighted by atomic mass is 35.5. The van der Waals surface area contributed by atoms with Crippen LogP contribution >= 0.6 is 11.6 Å². The molecule has 2 N–H and O–H groups in total. The Morgan fingerprint density at radius 1 is 1.31 bits per heavy atom. The number of rotatable bonds is 8. The summed E-state index contributed by atoms with van der Waals surface area (Å²) in [5, 5.41) is 11.1. The van der Waals surface area contributed by atoms with Crippen LogP contribution in [-0.4, -0.2) is 42.4 Å². The maximum absolute atomic E-state index is 12.9.